The summed E-state index contributed by atoms with van der Waals surface area (Å²) in [5, 5.41) is 8.53. The third kappa shape index (κ3) is 1.18. The Bertz CT molecular complexity index is 216. The smallest absolute Gasteiger partial charge is 0.326 e. The zero-order chi connectivity index (χ0) is 7.56. The fraction of sp³-hybridized carbons (Fsp3) is 0.286. The molecule has 0 aliphatic rings. The number of carboxylic acids is 1. The maximum atomic E-state index is 10.4. The predicted octanol–water partition coefficient (Wildman–Crippen LogP) is 1.13. The van der Waals surface area contributed by atoms with Gasteiger partial charge < -0.3 is 9.67 Å². The molecule has 3 heteroatoms. The molecule has 0 saturated carbocycles. The maximum Gasteiger partial charge on any atom is 0.326 e. The minimum atomic E-state index is -0.809. The van der Waals surface area contributed by atoms with Crippen molar-refractivity contribution in [3.8, 4) is 0 Å². The molecule has 1 aromatic rings. The Morgan fingerprint density at radius 1 is 1.50 bits per heavy atom. The standard InChI is InChI=1S/C7H9NO2/c1-6(7(9)10)8-4-2-3-5-8/h2-6H,1H3,(H,9,10)/t6-/m1/s1. The van der Waals surface area contributed by atoms with Crippen molar-refractivity contribution in [1.29, 1.82) is 0 Å². The van der Waals surface area contributed by atoms with Gasteiger partial charge in [0.25, 0.3) is 0 Å². The van der Waals surface area contributed by atoms with Gasteiger partial charge in [-0.05, 0) is 19.1 Å². The summed E-state index contributed by atoms with van der Waals surface area (Å²) in [4.78, 5) is 10.4. The van der Waals surface area contributed by atoms with Gasteiger partial charge in [0.05, 0.1) is 0 Å². The number of carbonyl (C=O) groups is 1. The van der Waals surface area contributed by atoms with Crippen LogP contribution in [0.5, 0.6) is 0 Å². The third-order valence-corrected chi connectivity index (χ3v) is 1.43. The first-order valence-electron chi connectivity index (χ1n) is 3.07. The highest BCUT2D eigenvalue weighted by Gasteiger charge is 2.09. The van der Waals surface area contributed by atoms with Gasteiger partial charge in [-0.3, -0.25) is 0 Å². The Hall–Kier alpha value is -1.25. The van der Waals surface area contributed by atoms with Gasteiger partial charge >= 0.3 is 5.97 Å². The summed E-state index contributed by atoms with van der Waals surface area (Å²) >= 11 is 0. The molecule has 1 heterocycles. The van der Waals surface area contributed by atoms with Gasteiger partial charge in [-0.1, -0.05) is 0 Å². The van der Waals surface area contributed by atoms with Crippen LogP contribution in [0.2, 0.25) is 0 Å². The van der Waals surface area contributed by atoms with Crippen molar-refractivity contribution in [1.82, 2.24) is 4.57 Å². The molecule has 0 bridgehead atoms. The number of aliphatic carboxylic acids is 1. The lowest BCUT2D eigenvalue weighted by Gasteiger charge is -2.06. The average Bonchev–Trinajstić information content (AvgIpc) is 2.36. The molecule has 0 fully saturated rings. The Labute approximate surface area is 58.9 Å². The van der Waals surface area contributed by atoms with Crippen LogP contribution >= 0.6 is 0 Å². The molecular formula is C7H9NO2. The first-order valence-corrected chi connectivity index (χ1v) is 3.07. The summed E-state index contributed by atoms with van der Waals surface area (Å²) in [5.74, 6) is -0.809. The second kappa shape index (κ2) is 2.56. The zero-order valence-electron chi connectivity index (χ0n) is 5.69. The summed E-state index contributed by atoms with van der Waals surface area (Å²) in [6.45, 7) is 1.64. The highest BCUT2D eigenvalue weighted by atomic mass is 16.4. The molecular weight excluding hydrogens is 130 g/mol. The van der Waals surface area contributed by atoms with Gasteiger partial charge in [0, 0.05) is 12.4 Å². The van der Waals surface area contributed by atoms with E-state index in [9.17, 15) is 4.79 Å². The molecule has 1 N–H and O–H groups in total. The number of aromatic nitrogens is 1. The Balaban J connectivity index is 2.77. The molecule has 54 valence electrons. The van der Waals surface area contributed by atoms with E-state index < -0.39 is 12.0 Å². The van der Waals surface area contributed by atoms with Gasteiger partial charge in [0.2, 0.25) is 0 Å². The average molecular weight is 139 g/mol. The van der Waals surface area contributed by atoms with E-state index in [0.29, 0.717) is 0 Å². The lowest BCUT2D eigenvalue weighted by Crippen LogP contribution is -2.13. The van der Waals surface area contributed by atoms with Gasteiger partial charge in [-0.2, -0.15) is 0 Å². The molecule has 0 saturated heterocycles. The predicted molar refractivity (Wildman–Crippen MR) is 36.8 cm³/mol. The lowest BCUT2D eigenvalue weighted by atomic mass is 10.3. The summed E-state index contributed by atoms with van der Waals surface area (Å²) in [6, 6.07) is 3.15. The van der Waals surface area contributed by atoms with Crippen LogP contribution in [0, 0.1) is 0 Å². The third-order valence-electron chi connectivity index (χ3n) is 1.43. The van der Waals surface area contributed by atoms with Crippen molar-refractivity contribution in [2.24, 2.45) is 0 Å². The summed E-state index contributed by atoms with van der Waals surface area (Å²) in [6.07, 6.45) is 3.47. The number of hydrogen-bond acceptors (Lipinski definition) is 1. The van der Waals surface area contributed by atoms with E-state index in [1.807, 2.05) is 0 Å². The van der Waals surface area contributed by atoms with Crippen LogP contribution in [0.1, 0.15) is 13.0 Å². The SMILES string of the molecule is C[C@H](C(=O)O)n1cccc1. The minimum absolute atomic E-state index is 0.463. The van der Waals surface area contributed by atoms with Gasteiger partial charge in [-0.15, -0.1) is 0 Å². The van der Waals surface area contributed by atoms with E-state index in [1.165, 1.54) is 0 Å². The normalized spacial score (nSPS) is 12.9. The van der Waals surface area contributed by atoms with Crippen LogP contribution in [-0.4, -0.2) is 15.6 Å². The fourth-order valence-electron chi connectivity index (χ4n) is 0.734. The molecule has 3 nitrogen and oxygen atoms in total. The van der Waals surface area contributed by atoms with Crippen LogP contribution in [0.3, 0.4) is 0 Å². The second-order valence-electron chi connectivity index (χ2n) is 2.14. The van der Waals surface area contributed by atoms with E-state index in [-0.39, 0.29) is 0 Å². The van der Waals surface area contributed by atoms with E-state index in [2.05, 4.69) is 0 Å². The Morgan fingerprint density at radius 3 is 2.40 bits per heavy atom. The number of rotatable bonds is 2. The second-order valence-corrected chi connectivity index (χ2v) is 2.14. The molecule has 1 rings (SSSR count). The van der Waals surface area contributed by atoms with Crippen molar-refractivity contribution in [3.63, 3.8) is 0 Å². The summed E-state index contributed by atoms with van der Waals surface area (Å²) in [5.41, 5.74) is 0. The van der Waals surface area contributed by atoms with Crippen LogP contribution in [-0.2, 0) is 4.79 Å². The highest BCUT2D eigenvalue weighted by Crippen LogP contribution is 2.04. The maximum absolute atomic E-state index is 10.4. The molecule has 0 aliphatic carbocycles. The zero-order valence-corrected chi connectivity index (χ0v) is 5.69. The first kappa shape index (κ1) is 6.86. The number of carboxylic acid groups (broad SMARTS) is 1. The molecule has 0 radical (unpaired) electrons. The van der Waals surface area contributed by atoms with Crippen molar-refractivity contribution >= 4 is 5.97 Å². The minimum Gasteiger partial charge on any atom is -0.480 e. The number of hydrogen-bond donors (Lipinski definition) is 1. The van der Waals surface area contributed by atoms with Crippen molar-refractivity contribution in [3.05, 3.63) is 24.5 Å². The molecule has 1 aromatic heterocycles. The largest absolute Gasteiger partial charge is 0.480 e. The highest BCUT2D eigenvalue weighted by molar-refractivity contribution is 5.71. The van der Waals surface area contributed by atoms with E-state index in [1.54, 1.807) is 36.0 Å². The molecule has 0 aliphatic heterocycles. The molecule has 1 atom stereocenters. The van der Waals surface area contributed by atoms with Crippen molar-refractivity contribution < 1.29 is 9.90 Å². The lowest BCUT2D eigenvalue weighted by molar-refractivity contribution is -0.140. The topological polar surface area (TPSA) is 42.2 Å². The summed E-state index contributed by atoms with van der Waals surface area (Å²) in [7, 11) is 0. The van der Waals surface area contributed by atoms with E-state index >= 15 is 0 Å². The molecule has 10 heavy (non-hydrogen) atoms. The first-order chi connectivity index (χ1) is 4.72. The van der Waals surface area contributed by atoms with E-state index in [4.69, 9.17) is 5.11 Å². The molecule has 0 amide bonds. The number of nitrogens with zero attached hydrogens (tertiary/aromatic N) is 1. The quantitative estimate of drug-likeness (QED) is 0.667. The van der Waals surface area contributed by atoms with Crippen molar-refractivity contribution in [2.75, 3.05) is 0 Å². The van der Waals surface area contributed by atoms with Crippen LogP contribution < -0.4 is 0 Å². The van der Waals surface area contributed by atoms with Crippen LogP contribution in [0.25, 0.3) is 0 Å². The Morgan fingerprint density at radius 2 is 2.00 bits per heavy atom. The van der Waals surface area contributed by atoms with Gasteiger partial charge in [0.1, 0.15) is 6.04 Å². The Kier molecular flexibility index (Phi) is 1.76. The monoisotopic (exact) mass is 139 g/mol. The fourth-order valence-corrected chi connectivity index (χ4v) is 0.734. The van der Waals surface area contributed by atoms with Crippen LogP contribution in [0.4, 0.5) is 0 Å². The van der Waals surface area contributed by atoms with Gasteiger partial charge in [0.15, 0.2) is 0 Å². The van der Waals surface area contributed by atoms with Gasteiger partial charge in [-0.25, -0.2) is 4.79 Å². The van der Waals surface area contributed by atoms with Crippen LogP contribution in [0.15, 0.2) is 24.5 Å². The molecule has 0 unspecified atom stereocenters. The molecule has 0 spiro atoms. The molecule has 0 aromatic carbocycles. The van der Waals surface area contributed by atoms with E-state index in [0.717, 1.165) is 0 Å². The van der Waals surface area contributed by atoms with Crippen molar-refractivity contribution in [2.45, 2.75) is 13.0 Å². The summed E-state index contributed by atoms with van der Waals surface area (Å²) < 4.78 is 1.64.